The average molecular weight is 374 g/mol. The number of hydrogen-bond donors (Lipinski definition) is 0. The second-order valence-electron chi connectivity index (χ2n) is 2.96. The fraction of sp³-hybridized carbons (Fsp3) is 0.300. The highest BCUT2D eigenvalue weighted by Gasteiger charge is 2.20. The van der Waals surface area contributed by atoms with Gasteiger partial charge in [0, 0.05) is 5.33 Å². The first kappa shape index (κ1) is 14.4. The van der Waals surface area contributed by atoms with Crippen LogP contribution in [-0.2, 0) is 10.1 Å². The molecule has 0 aliphatic rings. The topological polar surface area (TPSA) is 35.5 Å². The third-order valence-corrected chi connectivity index (χ3v) is 3.11. The van der Waals surface area contributed by atoms with Gasteiger partial charge < -0.3 is 9.47 Å². The van der Waals surface area contributed by atoms with Crippen molar-refractivity contribution in [2.75, 3.05) is 7.11 Å². The molecule has 3 nitrogen and oxygen atoms in total. The Morgan fingerprint density at radius 3 is 2.59 bits per heavy atom. The molecule has 0 radical (unpaired) electrons. The van der Waals surface area contributed by atoms with Crippen LogP contribution in [0.4, 0.5) is 8.78 Å². The average Bonchev–Trinajstić information content (AvgIpc) is 2.29. The number of esters is 1. The number of ether oxygens (including phenoxy) is 2. The fourth-order valence-corrected chi connectivity index (χ4v) is 2.12. The van der Waals surface area contributed by atoms with Crippen molar-refractivity contribution in [3.8, 4) is 5.75 Å². The zero-order valence-electron chi connectivity index (χ0n) is 8.68. The zero-order chi connectivity index (χ0) is 13.0. The molecular formula is C10H8Br2F2O3. The lowest BCUT2D eigenvalue weighted by molar-refractivity contribution is -0.0509. The molecule has 0 unspecified atom stereocenters. The Morgan fingerprint density at radius 1 is 1.47 bits per heavy atom. The maximum atomic E-state index is 12.2. The van der Waals surface area contributed by atoms with E-state index in [1.54, 1.807) is 6.07 Å². The van der Waals surface area contributed by atoms with E-state index >= 15 is 0 Å². The Morgan fingerprint density at radius 2 is 2.12 bits per heavy atom. The Balaban J connectivity index is 3.29. The van der Waals surface area contributed by atoms with Gasteiger partial charge in [0.25, 0.3) is 0 Å². The molecule has 0 amide bonds. The Hall–Kier alpha value is -0.690. The zero-order valence-corrected chi connectivity index (χ0v) is 11.8. The van der Waals surface area contributed by atoms with Crippen molar-refractivity contribution < 1.29 is 23.0 Å². The summed E-state index contributed by atoms with van der Waals surface area (Å²) >= 11 is 6.29. The number of hydrogen-bond acceptors (Lipinski definition) is 3. The Labute approximate surface area is 113 Å². The van der Waals surface area contributed by atoms with Gasteiger partial charge in [0.2, 0.25) is 0 Å². The molecule has 0 aliphatic heterocycles. The molecule has 0 atom stereocenters. The van der Waals surface area contributed by atoms with E-state index in [2.05, 4.69) is 41.3 Å². The molecule has 1 aromatic rings. The lowest BCUT2D eigenvalue weighted by Crippen LogP contribution is -2.10. The highest BCUT2D eigenvalue weighted by atomic mass is 79.9. The van der Waals surface area contributed by atoms with E-state index in [0.29, 0.717) is 5.33 Å². The molecule has 0 aromatic heterocycles. The number of carbonyl (C=O) groups is 1. The third kappa shape index (κ3) is 3.64. The first-order chi connectivity index (χ1) is 7.99. The number of benzene rings is 1. The molecule has 0 heterocycles. The molecule has 0 aliphatic carbocycles. The quantitative estimate of drug-likeness (QED) is 0.595. The van der Waals surface area contributed by atoms with Gasteiger partial charge in [-0.25, -0.2) is 4.79 Å². The van der Waals surface area contributed by atoms with Crippen molar-refractivity contribution in [2.24, 2.45) is 0 Å². The summed E-state index contributed by atoms with van der Waals surface area (Å²) in [6.45, 7) is -3.01. The van der Waals surface area contributed by atoms with Crippen molar-refractivity contribution in [3.63, 3.8) is 0 Å². The summed E-state index contributed by atoms with van der Waals surface area (Å²) in [6, 6.07) is 3.02. The Kier molecular flexibility index (Phi) is 5.32. The van der Waals surface area contributed by atoms with Crippen LogP contribution in [0.5, 0.6) is 5.75 Å². The highest BCUT2D eigenvalue weighted by Crippen LogP contribution is 2.33. The van der Waals surface area contributed by atoms with Gasteiger partial charge in [0.05, 0.1) is 11.6 Å². The summed E-state index contributed by atoms with van der Waals surface area (Å²) in [5, 5.41) is 0.477. The van der Waals surface area contributed by atoms with E-state index in [1.807, 2.05) is 0 Å². The predicted octanol–water partition coefficient (Wildman–Crippen LogP) is 3.73. The number of carbonyl (C=O) groups excluding carboxylic acids is 1. The second-order valence-corrected chi connectivity index (χ2v) is 4.37. The molecule has 17 heavy (non-hydrogen) atoms. The molecule has 0 saturated heterocycles. The monoisotopic (exact) mass is 372 g/mol. The summed E-state index contributed by atoms with van der Waals surface area (Å²) < 4.78 is 33.5. The first-order valence-corrected chi connectivity index (χ1v) is 6.32. The number of alkyl halides is 3. The molecule has 0 saturated carbocycles. The van der Waals surface area contributed by atoms with Crippen LogP contribution in [0.25, 0.3) is 0 Å². The smallest absolute Gasteiger partial charge is 0.387 e. The van der Waals surface area contributed by atoms with Crippen LogP contribution < -0.4 is 4.74 Å². The third-order valence-electron chi connectivity index (χ3n) is 1.87. The molecular weight excluding hydrogens is 366 g/mol. The van der Waals surface area contributed by atoms with Crippen molar-refractivity contribution in [1.82, 2.24) is 0 Å². The van der Waals surface area contributed by atoms with Crippen molar-refractivity contribution in [3.05, 3.63) is 27.7 Å². The number of rotatable bonds is 4. The van der Waals surface area contributed by atoms with Gasteiger partial charge in [0.15, 0.2) is 5.75 Å². The fourth-order valence-electron chi connectivity index (χ4n) is 1.20. The van der Waals surface area contributed by atoms with E-state index < -0.39 is 12.6 Å². The molecule has 1 rings (SSSR count). The van der Waals surface area contributed by atoms with Crippen LogP contribution >= 0.6 is 31.9 Å². The van der Waals surface area contributed by atoms with Gasteiger partial charge in [0.1, 0.15) is 5.56 Å². The molecule has 0 fully saturated rings. The summed E-state index contributed by atoms with van der Waals surface area (Å²) in [5.41, 5.74) is 0.690. The van der Waals surface area contributed by atoms with Crippen LogP contribution in [0.1, 0.15) is 15.9 Å². The maximum absolute atomic E-state index is 12.2. The minimum Gasteiger partial charge on any atom is -0.465 e. The van der Waals surface area contributed by atoms with Gasteiger partial charge in [-0.1, -0.05) is 15.9 Å². The van der Waals surface area contributed by atoms with E-state index in [0.717, 1.165) is 5.56 Å². The SMILES string of the molecule is COC(=O)c1cc(CBr)cc(Br)c1OC(F)F. The van der Waals surface area contributed by atoms with Crippen LogP contribution in [0.2, 0.25) is 0 Å². The molecule has 0 N–H and O–H groups in total. The van der Waals surface area contributed by atoms with Gasteiger partial charge in [-0.2, -0.15) is 8.78 Å². The summed E-state index contributed by atoms with van der Waals surface area (Å²) in [4.78, 5) is 11.5. The molecule has 1 aromatic carbocycles. The van der Waals surface area contributed by atoms with Crippen LogP contribution in [0, 0.1) is 0 Å². The first-order valence-electron chi connectivity index (χ1n) is 4.41. The van der Waals surface area contributed by atoms with Gasteiger partial charge in [-0.05, 0) is 33.6 Å². The van der Waals surface area contributed by atoms with Crippen molar-refractivity contribution in [1.29, 1.82) is 0 Å². The maximum Gasteiger partial charge on any atom is 0.387 e. The van der Waals surface area contributed by atoms with E-state index in [4.69, 9.17) is 0 Å². The molecule has 94 valence electrons. The van der Waals surface area contributed by atoms with Crippen LogP contribution in [-0.4, -0.2) is 19.7 Å². The molecule has 0 bridgehead atoms. The summed E-state index contributed by atoms with van der Waals surface area (Å²) in [5.74, 6) is -0.958. The van der Waals surface area contributed by atoms with Gasteiger partial charge in [-0.15, -0.1) is 0 Å². The standard InChI is InChI=1S/C10H8Br2F2O3/c1-16-9(15)6-2-5(4-11)3-7(12)8(6)17-10(13)14/h2-3,10H,4H2,1H3. The number of methoxy groups -OCH3 is 1. The highest BCUT2D eigenvalue weighted by molar-refractivity contribution is 9.10. The molecule has 0 spiro atoms. The van der Waals surface area contributed by atoms with Crippen LogP contribution in [0.15, 0.2) is 16.6 Å². The minimum atomic E-state index is -3.01. The lowest BCUT2D eigenvalue weighted by atomic mass is 10.1. The van der Waals surface area contributed by atoms with Crippen molar-refractivity contribution in [2.45, 2.75) is 11.9 Å². The molecule has 7 heteroatoms. The Bertz CT molecular complexity index is 424. The van der Waals surface area contributed by atoms with Crippen LogP contribution in [0.3, 0.4) is 0 Å². The largest absolute Gasteiger partial charge is 0.465 e. The summed E-state index contributed by atoms with van der Waals surface area (Å²) in [6.07, 6.45) is 0. The second kappa shape index (κ2) is 6.30. The van der Waals surface area contributed by atoms with Gasteiger partial charge >= 0.3 is 12.6 Å². The van der Waals surface area contributed by atoms with E-state index in [-0.39, 0.29) is 15.8 Å². The van der Waals surface area contributed by atoms with Crippen molar-refractivity contribution >= 4 is 37.8 Å². The number of halogens is 4. The minimum absolute atomic E-state index is 0.0448. The van der Waals surface area contributed by atoms with E-state index in [9.17, 15) is 13.6 Å². The lowest BCUT2D eigenvalue weighted by Gasteiger charge is -2.12. The summed E-state index contributed by atoms with van der Waals surface area (Å²) in [7, 11) is 1.17. The van der Waals surface area contributed by atoms with E-state index in [1.165, 1.54) is 13.2 Å². The normalized spacial score (nSPS) is 10.5. The van der Waals surface area contributed by atoms with Gasteiger partial charge in [-0.3, -0.25) is 0 Å². The predicted molar refractivity (Wildman–Crippen MR) is 64.7 cm³/mol.